The number of pyridine rings is 1. The summed E-state index contributed by atoms with van der Waals surface area (Å²) in [6.45, 7) is 0. The molecule has 2 N–H and O–H groups in total. The number of carbonyl (C=O) groups is 1. The summed E-state index contributed by atoms with van der Waals surface area (Å²) in [5.41, 5.74) is 2.87. The van der Waals surface area contributed by atoms with Crippen molar-refractivity contribution in [3.8, 4) is 5.88 Å². The Kier molecular flexibility index (Phi) is 2.97. The molecule has 2 rings (SSSR count). The lowest BCUT2D eigenvalue weighted by molar-refractivity contribution is 0.100. The molecule has 0 fully saturated rings. The average molecular weight is 253 g/mol. The molecular formula is C9H7N3O2S2. The van der Waals surface area contributed by atoms with Crippen LogP contribution in [-0.2, 0) is 0 Å². The monoisotopic (exact) mass is 253 g/mol. The number of nitrogens with zero attached hydrogens (tertiary/aromatic N) is 2. The summed E-state index contributed by atoms with van der Waals surface area (Å²) >= 11 is 6.10. The standard InChI is InChI=1S/C9H7N3O2S2/c13-7-5-16-9(15)12(7)11-8(14)6-2-1-3-10-4-6/h1-5,13H,(H,11,14). The van der Waals surface area contributed by atoms with Gasteiger partial charge in [-0.05, 0) is 24.4 Å². The Bertz CT molecular complexity index is 562. The van der Waals surface area contributed by atoms with Crippen LogP contribution in [0.25, 0.3) is 0 Å². The fourth-order valence-corrected chi connectivity index (χ4v) is 1.91. The van der Waals surface area contributed by atoms with E-state index in [1.807, 2.05) is 0 Å². The largest absolute Gasteiger partial charge is 0.493 e. The highest BCUT2D eigenvalue weighted by atomic mass is 32.1. The number of carbonyl (C=O) groups excluding carboxylic acids is 1. The molecule has 1 amide bonds. The minimum Gasteiger partial charge on any atom is -0.493 e. The molecule has 82 valence electrons. The van der Waals surface area contributed by atoms with E-state index in [0.29, 0.717) is 9.52 Å². The summed E-state index contributed by atoms with van der Waals surface area (Å²) in [6.07, 6.45) is 3.01. The van der Waals surface area contributed by atoms with Crippen molar-refractivity contribution in [1.29, 1.82) is 0 Å². The van der Waals surface area contributed by atoms with Crippen LogP contribution in [0.15, 0.2) is 29.9 Å². The van der Waals surface area contributed by atoms with Crippen LogP contribution < -0.4 is 5.43 Å². The van der Waals surface area contributed by atoms with Gasteiger partial charge in [-0.2, -0.15) is 4.68 Å². The summed E-state index contributed by atoms with van der Waals surface area (Å²) in [5, 5.41) is 10.9. The lowest BCUT2D eigenvalue weighted by atomic mass is 10.3. The van der Waals surface area contributed by atoms with Crippen LogP contribution in [0.2, 0.25) is 0 Å². The average Bonchev–Trinajstić information content (AvgIpc) is 2.62. The van der Waals surface area contributed by atoms with E-state index in [4.69, 9.17) is 12.2 Å². The minimum absolute atomic E-state index is 0.0905. The van der Waals surface area contributed by atoms with Crippen molar-refractivity contribution in [3.63, 3.8) is 0 Å². The summed E-state index contributed by atoms with van der Waals surface area (Å²) < 4.78 is 1.52. The number of hydrogen-bond acceptors (Lipinski definition) is 5. The molecular weight excluding hydrogens is 246 g/mol. The normalized spacial score (nSPS) is 10.0. The lowest BCUT2D eigenvalue weighted by Crippen LogP contribution is -2.22. The van der Waals surface area contributed by atoms with Gasteiger partial charge in [-0.1, -0.05) is 0 Å². The van der Waals surface area contributed by atoms with Gasteiger partial charge in [-0.15, -0.1) is 11.3 Å². The molecule has 0 spiro atoms. The molecule has 0 atom stereocenters. The number of amides is 1. The van der Waals surface area contributed by atoms with Crippen LogP contribution in [-0.4, -0.2) is 20.7 Å². The molecule has 0 bridgehead atoms. The second kappa shape index (κ2) is 4.42. The van der Waals surface area contributed by atoms with Gasteiger partial charge in [0.15, 0.2) is 3.95 Å². The van der Waals surface area contributed by atoms with E-state index in [9.17, 15) is 9.90 Å². The second-order valence-corrected chi connectivity index (χ2v) is 4.38. The third kappa shape index (κ3) is 2.10. The number of thiazole rings is 1. The first kappa shape index (κ1) is 10.8. The van der Waals surface area contributed by atoms with Crippen LogP contribution >= 0.6 is 23.6 Å². The van der Waals surface area contributed by atoms with Crippen molar-refractivity contribution in [3.05, 3.63) is 39.4 Å². The fourth-order valence-electron chi connectivity index (χ4n) is 1.07. The van der Waals surface area contributed by atoms with Gasteiger partial charge in [0.2, 0.25) is 5.88 Å². The maximum atomic E-state index is 11.7. The zero-order valence-corrected chi connectivity index (χ0v) is 9.59. The maximum Gasteiger partial charge on any atom is 0.271 e. The summed E-state index contributed by atoms with van der Waals surface area (Å²) in [5.74, 6) is -0.467. The molecule has 0 aromatic carbocycles. The smallest absolute Gasteiger partial charge is 0.271 e. The van der Waals surface area contributed by atoms with Gasteiger partial charge in [0.1, 0.15) is 0 Å². The molecule has 2 aromatic rings. The van der Waals surface area contributed by atoms with Gasteiger partial charge in [0, 0.05) is 12.4 Å². The highest BCUT2D eigenvalue weighted by Gasteiger charge is 2.08. The van der Waals surface area contributed by atoms with Gasteiger partial charge < -0.3 is 5.11 Å². The number of hydrogen-bond donors (Lipinski definition) is 2. The summed E-state index contributed by atoms with van der Waals surface area (Å²) in [7, 11) is 0. The molecule has 7 heteroatoms. The molecule has 0 radical (unpaired) electrons. The van der Waals surface area contributed by atoms with E-state index in [1.165, 1.54) is 22.9 Å². The Morgan fingerprint density at radius 1 is 1.62 bits per heavy atom. The highest BCUT2D eigenvalue weighted by Crippen LogP contribution is 2.15. The maximum absolute atomic E-state index is 11.7. The van der Waals surface area contributed by atoms with E-state index in [1.54, 1.807) is 18.3 Å². The summed E-state index contributed by atoms with van der Waals surface area (Å²) in [4.78, 5) is 15.5. The zero-order valence-electron chi connectivity index (χ0n) is 7.95. The van der Waals surface area contributed by atoms with Crippen LogP contribution in [0.5, 0.6) is 5.88 Å². The SMILES string of the molecule is O=C(Nn1c(O)csc1=S)c1cccnc1. The van der Waals surface area contributed by atoms with Gasteiger partial charge in [0.25, 0.3) is 5.91 Å². The third-order valence-electron chi connectivity index (χ3n) is 1.81. The first-order valence-electron chi connectivity index (χ1n) is 4.29. The van der Waals surface area contributed by atoms with Crippen LogP contribution in [0, 0.1) is 3.95 Å². The predicted octanol–water partition coefficient (Wildman–Crippen LogP) is 1.76. The van der Waals surface area contributed by atoms with Crippen molar-refractivity contribution >= 4 is 29.5 Å². The quantitative estimate of drug-likeness (QED) is 0.800. The van der Waals surface area contributed by atoms with Crippen LogP contribution in [0.4, 0.5) is 0 Å². The van der Waals surface area contributed by atoms with Crippen LogP contribution in [0.1, 0.15) is 10.4 Å². The zero-order chi connectivity index (χ0) is 11.5. The molecule has 5 nitrogen and oxygen atoms in total. The van der Waals surface area contributed by atoms with Gasteiger partial charge >= 0.3 is 0 Å². The van der Waals surface area contributed by atoms with E-state index in [-0.39, 0.29) is 11.8 Å². The van der Waals surface area contributed by atoms with Crippen LogP contribution in [0.3, 0.4) is 0 Å². The number of nitrogens with one attached hydrogen (secondary N) is 1. The van der Waals surface area contributed by atoms with Crippen molar-refractivity contribution in [2.24, 2.45) is 0 Å². The lowest BCUT2D eigenvalue weighted by Gasteiger charge is -2.06. The van der Waals surface area contributed by atoms with Crippen molar-refractivity contribution in [1.82, 2.24) is 9.66 Å². The van der Waals surface area contributed by atoms with E-state index < -0.39 is 0 Å². The molecule has 0 saturated heterocycles. The third-order valence-corrected chi connectivity index (χ3v) is 3.00. The predicted molar refractivity (Wildman–Crippen MR) is 62.7 cm³/mol. The van der Waals surface area contributed by atoms with Crippen molar-refractivity contribution in [2.75, 3.05) is 5.43 Å². The van der Waals surface area contributed by atoms with E-state index in [0.717, 1.165) is 4.68 Å². The van der Waals surface area contributed by atoms with E-state index in [2.05, 4.69) is 10.4 Å². The molecule has 16 heavy (non-hydrogen) atoms. The van der Waals surface area contributed by atoms with Gasteiger partial charge in [-0.25, -0.2) is 0 Å². The molecule has 0 saturated carbocycles. The fraction of sp³-hybridized carbons (Fsp3) is 0. The molecule has 2 aromatic heterocycles. The first-order valence-corrected chi connectivity index (χ1v) is 5.58. The number of aromatic hydroxyl groups is 1. The Morgan fingerprint density at radius 2 is 2.44 bits per heavy atom. The molecule has 0 aliphatic carbocycles. The molecule has 2 heterocycles. The first-order chi connectivity index (χ1) is 7.68. The minimum atomic E-state index is -0.377. The molecule has 0 aliphatic heterocycles. The van der Waals surface area contributed by atoms with Crippen molar-refractivity contribution < 1.29 is 9.90 Å². The Balaban J connectivity index is 2.24. The van der Waals surface area contributed by atoms with E-state index >= 15 is 0 Å². The Labute approximate surface area is 100.0 Å². The Hall–Kier alpha value is -1.73. The van der Waals surface area contributed by atoms with Crippen molar-refractivity contribution in [2.45, 2.75) is 0 Å². The highest BCUT2D eigenvalue weighted by molar-refractivity contribution is 7.73. The molecule has 0 unspecified atom stereocenters. The van der Waals surface area contributed by atoms with Gasteiger partial charge in [0.05, 0.1) is 10.9 Å². The number of rotatable bonds is 2. The second-order valence-electron chi connectivity index (χ2n) is 2.88. The number of aromatic nitrogens is 2. The van der Waals surface area contributed by atoms with Gasteiger partial charge in [-0.3, -0.25) is 15.2 Å². The Morgan fingerprint density at radius 3 is 3.00 bits per heavy atom. The molecule has 0 aliphatic rings. The summed E-state index contributed by atoms with van der Waals surface area (Å²) in [6, 6.07) is 3.27. The topological polar surface area (TPSA) is 67.2 Å².